The van der Waals surface area contributed by atoms with Gasteiger partial charge in [-0.3, -0.25) is 14.5 Å². The van der Waals surface area contributed by atoms with Crippen molar-refractivity contribution < 1.29 is 0 Å². The van der Waals surface area contributed by atoms with Crippen molar-refractivity contribution in [1.82, 2.24) is 19.6 Å². The van der Waals surface area contributed by atoms with Crippen molar-refractivity contribution in [1.29, 1.82) is 0 Å². The molecule has 0 aliphatic carbocycles. The van der Waals surface area contributed by atoms with Gasteiger partial charge in [0.25, 0.3) is 0 Å². The molecule has 1 aliphatic heterocycles. The van der Waals surface area contributed by atoms with Crippen LogP contribution in [0.2, 0.25) is 0 Å². The maximum absolute atomic E-state index is 4.27. The highest BCUT2D eigenvalue weighted by atomic mass is 15.3. The van der Waals surface area contributed by atoms with Crippen LogP contribution in [-0.2, 0) is 13.1 Å². The van der Waals surface area contributed by atoms with E-state index < -0.39 is 0 Å². The van der Waals surface area contributed by atoms with Crippen molar-refractivity contribution in [2.75, 3.05) is 32.7 Å². The topological polar surface area (TPSA) is 24.3 Å². The van der Waals surface area contributed by atoms with Crippen LogP contribution in [0, 0.1) is 0 Å². The van der Waals surface area contributed by atoms with Crippen molar-refractivity contribution in [2.45, 2.75) is 13.1 Å². The molecule has 4 heteroatoms. The fraction of sp³-hybridized carbons (Fsp3) is 0.292. The van der Waals surface area contributed by atoms with Crippen LogP contribution in [0.15, 0.2) is 79.1 Å². The minimum atomic E-state index is 0.836. The molecular weight excluding hydrogens is 344 g/mol. The van der Waals surface area contributed by atoms with Gasteiger partial charge in [0.05, 0.1) is 6.54 Å². The zero-order valence-electron chi connectivity index (χ0n) is 16.3. The monoisotopic (exact) mass is 372 g/mol. The first-order valence-electron chi connectivity index (χ1n) is 10.1. The number of hydrogen-bond acceptors (Lipinski definition) is 3. The predicted molar refractivity (Wildman–Crippen MR) is 115 cm³/mol. The highest BCUT2D eigenvalue weighted by Gasteiger charge is 2.15. The number of hydrogen-bond donors (Lipinski definition) is 0. The van der Waals surface area contributed by atoms with Gasteiger partial charge >= 0.3 is 0 Å². The molecule has 1 saturated heterocycles. The Balaban J connectivity index is 1.20. The van der Waals surface area contributed by atoms with E-state index in [0.29, 0.717) is 0 Å². The second-order valence-corrected chi connectivity index (χ2v) is 7.41. The van der Waals surface area contributed by atoms with E-state index in [9.17, 15) is 0 Å². The first-order valence-corrected chi connectivity index (χ1v) is 10.1. The molecule has 0 unspecified atom stereocenters. The first-order chi connectivity index (χ1) is 13.8. The quantitative estimate of drug-likeness (QED) is 0.631. The average Bonchev–Trinajstić information content (AvgIpc) is 3.25. The van der Waals surface area contributed by atoms with E-state index >= 15 is 0 Å². The maximum Gasteiger partial charge on any atom is 0.0659 e. The van der Waals surface area contributed by atoms with Gasteiger partial charge in [-0.05, 0) is 22.8 Å². The van der Waals surface area contributed by atoms with Gasteiger partial charge in [0.15, 0.2) is 0 Å². The van der Waals surface area contributed by atoms with Gasteiger partial charge in [-0.25, -0.2) is 0 Å². The lowest BCUT2D eigenvalue weighted by Crippen LogP contribution is -2.45. The molecule has 0 amide bonds. The van der Waals surface area contributed by atoms with Crippen molar-refractivity contribution in [2.24, 2.45) is 0 Å². The van der Waals surface area contributed by atoms with Crippen LogP contribution in [0.3, 0.4) is 0 Å². The fourth-order valence-corrected chi connectivity index (χ4v) is 3.62. The molecule has 28 heavy (non-hydrogen) atoms. The van der Waals surface area contributed by atoms with Crippen LogP contribution in [0.1, 0.15) is 16.7 Å². The maximum atomic E-state index is 4.27. The largest absolute Gasteiger partial charge is 0.297 e. The molecule has 1 aromatic heterocycles. The van der Waals surface area contributed by atoms with Crippen LogP contribution in [0.4, 0.5) is 0 Å². The first kappa shape index (κ1) is 18.7. The van der Waals surface area contributed by atoms with Gasteiger partial charge in [-0.1, -0.05) is 66.7 Å². The second-order valence-electron chi connectivity index (χ2n) is 7.41. The molecule has 0 radical (unpaired) electrons. The van der Waals surface area contributed by atoms with Crippen molar-refractivity contribution in [3.05, 3.63) is 95.8 Å². The lowest BCUT2D eigenvalue weighted by Gasteiger charge is -2.34. The van der Waals surface area contributed by atoms with Gasteiger partial charge in [-0.15, -0.1) is 0 Å². The van der Waals surface area contributed by atoms with E-state index in [4.69, 9.17) is 0 Å². The van der Waals surface area contributed by atoms with E-state index in [0.717, 1.165) is 45.8 Å². The summed E-state index contributed by atoms with van der Waals surface area (Å²) in [5.74, 6) is 0. The molecular formula is C24H28N4. The molecule has 3 aromatic rings. The fourth-order valence-electron chi connectivity index (χ4n) is 3.62. The van der Waals surface area contributed by atoms with E-state index in [1.54, 1.807) is 0 Å². The molecule has 0 bridgehead atoms. The summed E-state index contributed by atoms with van der Waals surface area (Å²) in [6.07, 6.45) is 8.33. The molecule has 0 spiro atoms. The Hall–Kier alpha value is -2.69. The molecule has 144 valence electrons. The zero-order valence-corrected chi connectivity index (χ0v) is 16.3. The van der Waals surface area contributed by atoms with E-state index in [2.05, 4.69) is 81.6 Å². The Kier molecular flexibility index (Phi) is 6.32. The Labute approximate surface area is 167 Å². The van der Waals surface area contributed by atoms with Crippen molar-refractivity contribution in [3.8, 4) is 0 Å². The van der Waals surface area contributed by atoms with Crippen molar-refractivity contribution >= 4 is 6.08 Å². The van der Waals surface area contributed by atoms with Crippen LogP contribution >= 0.6 is 0 Å². The minimum absolute atomic E-state index is 0.836. The normalized spacial score (nSPS) is 16.0. The van der Waals surface area contributed by atoms with E-state index in [-0.39, 0.29) is 0 Å². The number of piperazine rings is 1. The van der Waals surface area contributed by atoms with Crippen LogP contribution in [-0.4, -0.2) is 52.3 Å². The molecule has 4 rings (SSSR count). The summed E-state index contributed by atoms with van der Waals surface area (Å²) in [5.41, 5.74) is 3.96. The zero-order chi connectivity index (χ0) is 19.0. The third kappa shape index (κ3) is 5.41. The lowest BCUT2D eigenvalue weighted by atomic mass is 10.1. The number of nitrogens with zero attached hydrogens (tertiary/aromatic N) is 4. The Bertz CT molecular complexity index is 845. The summed E-state index contributed by atoms with van der Waals surface area (Å²) in [7, 11) is 0. The summed E-state index contributed by atoms with van der Waals surface area (Å²) in [6.45, 7) is 7.44. The van der Waals surface area contributed by atoms with Crippen LogP contribution in [0.25, 0.3) is 6.08 Å². The summed E-state index contributed by atoms with van der Waals surface area (Å²) in [4.78, 5) is 5.09. The third-order valence-electron chi connectivity index (χ3n) is 5.27. The molecule has 0 saturated carbocycles. The van der Waals surface area contributed by atoms with Crippen molar-refractivity contribution in [3.63, 3.8) is 0 Å². The molecule has 2 aromatic carbocycles. The lowest BCUT2D eigenvalue weighted by molar-refractivity contribution is 0.137. The highest BCUT2D eigenvalue weighted by molar-refractivity contribution is 5.48. The number of benzene rings is 2. The van der Waals surface area contributed by atoms with Gasteiger partial charge in [0.2, 0.25) is 0 Å². The predicted octanol–water partition coefficient (Wildman–Crippen LogP) is 3.76. The Morgan fingerprint density at radius 1 is 0.750 bits per heavy atom. The van der Waals surface area contributed by atoms with Gasteiger partial charge in [0, 0.05) is 51.7 Å². The number of rotatable bonds is 7. The smallest absolute Gasteiger partial charge is 0.0659 e. The third-order valence-corrected chi connectivity index (χ3v) is 5.27. The Morgan fingerprint density at radius 3 is 2.11 bits per heavy atom. The SMILES string of the molecule is C(=Cc1ccccc1)CN1CCN(Cc2ccc(Cn3cccn3)cc2)CC1. The molecule has 2 heterocycles. The van der Waals surface area contributed by atoms with Gasteiger partial charge < -0.3 is 0 Å². The minimum Gasteiger partial charge on any atom is -0.297 e. The molecule has 1 fully saturated rings. The Morgan fingerprint density at radius 2 is 1.43 bits per heavy atom. The van der Waals surface area contributed by atoms with Crippen LogP contribution in [0.5, 0.6) is 0 Å². The van der Waals surface area contributed by atoms with Gasteiger partial charge in [-0.2, -0.15) is 5.10 Å². The molecule has 4 nitrogen and oxygen atoms in total. The van der Waals surface area contributed by atoms with E-state index in [1.165, 1.54) is 16.7 Å². The standard InChI is InChI=1S/C24H28N4/c1-2-6-22(7-3-1)8-4-14-26-16-18-27(19-17-26)20-23-9-11-24(12-10-23)21-28-15-5-13-25-28/h1-13,15H,14,16-21H2. The molecule has 1 aliphatic rings. The van der Waals surface area contributed by atoms with E-state index in [1.807, 2.05) is 23.1 Å². The summed E-state index contributed by atoms with van der Waals surface area (Å²) in [6, 6.07) is 21.5. The van der Waals surface area contributed by atoms with Crippen LogP contribution < -0.4 is 0 Å². The average molecular weight is 373 g/mol. The number of aromatic nitrogens is 2. The van der Waals surface area contributed by atoms with Gasteiger partial charge in [0.1, 0.15) is 0 Å². The summed E-state index contributed by atoms with van der Waals surface area (Å²) in [5, 5.41) is 4.27. The summed E-state index contributed by atoms with van der Waals surface area (Å²) < 4.78 is 1.96. The summed E-state index contributed by atoms with van der Waals surface area (Å²) >= 11 is 0. The second kappa shape index (κ2) is 9.49. The molecule has 0 atom stereocenters. The highest BCUT2D eigenvalue weighted by Crippen LogP contribution is 2.11. The molecule has 0 N–H and O–H groups in total.